The highest BCUT2D eigenvalue weighted by Gasteiger charge is 2.28. The topological polar surface area (TPSA) is 48.1 Å². The Morgan fingerprint density at radius 2 is 1.80 bits per heavy atom. The number of fused-ring (bicyclic) bond motifs is 2. The fourth-order valence-electron chi connectivity index (χ4n) is 4.38. The molecule has 2 aliphatic heterocycles. The minimum atomic E-state index is 0.688. The zero-order valence-electron chi connectivity index (χ0n) is 14.4. The molecule has 0 amide bonds. The second kappa shape index (κ2) is 6.15. The summed E-state index contributed by atoms with van der Waals surface area (Å²) in [6.07, 6.45) is 7.21. The van der Waals surface area contributed by atoms with E-state index in [-0.39, 0.29) is 0 Å². The van der Waals surface area contributed by atoms with E-state index in [4.69, 9.17) is 0 Å². The van der Waals surface area contributed by atoms with Gasteiger partial charge in [0.1, 0.15) is 17.8 Å². The first kappa shape index (κ1) is 14.9. The average molecular weight is 333 g/mol. The Morgan fingerprint density at radius 3 is 2.68 bits per heavy atom. The number of nitrogens with zero attached hydrogens (tertiary/aromatic N) is 4. The molecule has 1 saturated heterocycles. The van der Waals surface area contributed by atoms with Gasteiger partial charge in [0.25, 0.3) is 0 Å². The Balaban J connectivity index is 1.28. The lowest BCUT2D eigenvalue weighted by atomic mass is 9.95. The molecule has 25 heavy (non-hydrogen) atoms. The van der Waals surface area contributed by atoms with Crippen molar-refractivity contribution in [2.24, 2.45) is 0 Å². The summed E-state index contributed by atoms with van der Waals surface area (Å²) < 4.78 is 0. The van der Waals surface area contributed by atoms with Gasteiger partial charge in [-0.3, -0.25) is 4.90 Å². The number of piperidine rings is 1. The molecule has 0 unspecified atom stereocenters. The van der Waals surface area contributed by atoms with Gasteiger partial charge in [-0.15, -0.1) is 0 Å². The summed E-state index contributed by atoms with van der Waals surface area (Å²) in [4.78, 5) is 17.1. The number of hydrogen-bond acceptors (Lipinski definition) is 4. The van der Waals surface area contributed by atoms with Crippen molar-refractivity contribution in [2.45, 2.75) is 31.8 Å². The van der Waals surface area contributed by atoms with Crippen molar-refractivity contribution in [2.75, 3.05) is 24.5 Å². The fourth-order valence-corrected chi connectivity index (χ4v) is 4.38. The molecule has 4 heterocycles. The van der Waals surface area contributed by atoms with E-state index in [0.717, 1.165) is 36.5 Å². The van der Waals surface area contributed by atoms with Crippen molar-refractivity contribution < 1.29 is 0 Å². The number of hydrogen-bond donors (Lipinski definition) is 1. The molecular formula is C20H23N5. The smallest absolute Gasteiger partial charge is 0.142 e. The number of aromatic amines is 1. The molecule has 0 saturated carbocycles. The van der Waals surface area contributed by atoms with E-state index in [9.17, 15) is 0 Å². The van der Waals surface area contributed by atoms with E-state index in [1.807, 2.05) is 6.20 Å². The first-order valence-corrected chi connectivity index (χ1v) is 9.22. The highest BCUT2D eigenvalue weighted by molar-refractivity contribution is 5.87. The molecule has 1 aromatic carbocycles. The van der Waals surface area contributed by atoms with Crippen LogP contribution in [0.5, 0.6) is 0 Å². The summed E-state index contributed by atoms with van der Waals surface area (Å²) in [5.74, 6) is 1.08. The Bertz CT molecular complexity index is 878. The third-order valence-corrected chi connectivity index (χ3v) is 5.77. The summed E-state index contributed by atoms with van der Waals surface area (Å²) in [5, 5.41) is 1.13. The maximum atomic E-state index is 4.55. The Hall–Kier alpha value is -2.40. The number of benzene rings is 1. The molecule has 5 nitrogen and oxygen atoms in total. The van der Waals surface area contributed by atoms with E-state index >= 15 is 0 Å². The lowest BCUT2D eigenvalue weighted by Crippen LogP contribution is -2.46. The molecule has 3 aromatic rings. The van der Waals surface area contributed by atoms with Crippen LogP contribution in [0.3, 0.4) is 0 Å². The molecular weight excluding hydrogens is 310 g/mol. The lowest BCUT2D eigenvalue weighted by Gasteiger charge is -2.41. The van der Waals surface area contributed by atoms with Crippen LogP contribution in [0.4, 0.5) is 5.82 Å². The molecule has 0 radical (unpaired) electrons. The van der Waals surface area contributed by atoms with Gasteiger partial charge < -0.3 is 9.88 Å². The minimum Gasteiger partial charge on any atom is -0.356 e. The van der Waals surface area contributed by atoms with Crippen LogP contribution in [0.15, 0.2) is 42.9 Å². The largest absolute Gasteiger partial charge is 0.356 e. The number of nitrogens with one attached hydrogen (secondary N) is 1. The van der Waals surface area contributed by atoms with Crippen molar-refractivity contribution in [1.82, 2.24) is 19.9 Å². The van der Waals surface area contributed by atoms with Gasteiger partial charge in [0.2, 0.25) is 0 Å². The molecule has 0 atom stereocenters. The molecule has 2 aromatic heterocycles. The number of aromatic nitrogens is 3. The Morgan fingerprint density at radius 1 is 0.960 bits per heavy atom. The summed E-state index contributed by atoms with van der Waals surface area (Å²) in [7, 11) is 0. The van der Waals surface area contributed by atoms with E-state index in [1.165, 1.54) is 36.9 Å². The van der Waals surface area contributed by atoms with Gasteiger partial charge in [0.05, 0.1) is 5.39 Å². The first-order chi connectivity index (χ1) is 12.4. The van der Waals surface area contributed by atoms with E-state index in [2.05, 4.69) is 55.1 Å². The van der Waals surface area contributed by atoms with Gasteiger partial charge in [0.15, 0.2) is 0 Å². The van der Waals surface area contributed by atoms with Crippen LogP contribution in [0, 0.1) is 0 Å². The summed E-state index contributed by atoms with van der Waals surface area (Å²) in [5.41, 5.74) is 3.98. The first-order valence-electron chi connectivity index (χ1n) is 9.22. The second-order valence-corrected chi connectivity index (χ2v) is 7.14. The molecule has 1 fully saturated rings. The van der Waals surface area contributed by atoms with E-state index < -0.39 is 0 Å². The van der Waals surface area contributed by atoms with Crippen LogP contribution in [-0.2, 0) is 13.0 Å². The van der Waals surface area contributed by atoms with Gasteiger partial charge >= 0.3 is 0 Å². The maximum Gasteiger partial charge on any atom is 0.142 e. The molecule has 1 N–H and O–H groups in total. The molecule has 0 bridgehead atoms. The number of rotatable bonds is 2. The molecule has 128 valence electrons. The Kier molecular flexibility index (Phi) is 3.67. The standard InChI is InChI=1S/C20H23N5/c1-2-4-16-13-25(10-6-15(16)3-1)17-7-11-24(12-8-17)20-18-5-9-21-19(18)22-14-23-20/h1-5,9,14,17H,6-8,10-13H2,(H,21,22,23). The minimum absolute atomic E-state index is 0.688. The van der Waals surface area contributed by atoms with Gasteiger partial charge in [-0.1, -0.05) is 24.3 Å². The normalized spacial score (nSPS) is 19.3. The van der Waals surface area contributed by atoms with Crippen molar-refractivity contribution >= 4 is 16.9 Å². The highest BCUT2D eigenvalue weighted by atomic mass is 15.2. The van der Waals surface area contributed by atoms with Crippen LogP contribution in [0.1, 0.15) is 24.0 Å². The van der Waals surface area contributed by atoms with Crippen LogP contribution in [0.25, 0.3) is 11.0 Å². The zero-order chi connectivity index (χ0) is 16.6. The molecule has 0 spiro atoms. The third kappa shape index (κ3) is 2.68. The maximum absolute atomic E-state index is 4.55. The van der Waals surface area contributed by atoms with Crippen LogP contribution in [0.2, 0.25) is 0 Å². The quantitative estimate of drug-likeness (QED) is 0.783. The second-order valence-electron chi connectivity index (χ2n) is 7.14. The van der Waals surface area contributed by atoms with E-state index in [0.29, 0.717) is 6.04 Å². The van der Waals surface area contributed by atoms with Crippen molar-refractivity contribution in [3.63, 3.8) is 0 Å². The lowest BCUT2D eigenvalue weighted by molar-refractivity contribution is 0.153. The monoisotopic (exact) mass is 333 g/mol. The number of anilines is 1. The van der Waals surface area contributed by atoms with Gasteiger partial charge in [-0.25, -0.2) is 9.97 Å². The zero-order valence-corrected chi connectivity index (χ0v) is 14.4. The predicted octanol–water partition coefficient (Wildman–Crippen LogP) is 2.99. The molecule has 0 aliphatic carbocycles. The summed E-state index contributed by atoms with van der Waals surface area (Å²) in [6.45, 7) is 4.44. The van der Waals surface area contributed by atoms with Crippen LogP contribution < -0.4 is 4.90 Å². The van der Waals surface area contributed by atoms with Crippen LogP contribution in [-0.4, -0.2) is 45.5 Å². The Labute approximate surface area is 147 Å². The van der Waals surface area contributed by atoms with Gasteiger partial charge in [-0.05, 0) is 36.5 Å². The summed E-state index contributed by atoms with van der Waals surface area (Å²) in [6, 6.07) is 11.7. The van der Waals surface area contributed by atoms with Crippen molar-refractivity contribution in [3.8, 4) is 0 Å². The molecule has 5 rings (SSSR count). The third-order valence-electron chi connectivity index (χ3n) is 5.77. The molecule has 2 aliphatic rings. The average Bonchev–Trinajstić information content (AvgIpc) is 3.17. The van der Waals surface area contributed by atoms with Crippen LogP contribution >= 0.6 is 0 Å². The van der Waals surface area contributed by atoms with Crippen molar-refractivity contribution in [3.05, 3.63) is 54.0 Å². The SMILES string of the molecule is c1ccc2c(c1)CCN(C1CCN(c3ncnc4[nH]ccc34)CC1)C2. The van der Waals surface area contributed by atoms with Gasteiger partial charge in [0, 0.05) is 38.4 Å². The predicted molar refractivity (Wildman–Crippen MR) is 99.7 cm³/mol. The van der Waals surface area contributed by atoms with E-state index in [1.54, 1.807) is 6.33 Å². The number of H-pyrrole nitrogens is 1. The van der Waals surface area contributed by atoms with Crippen molar-refractivity contribution in [1.29, 1.82) is 0 Å². The molecule has 5 heteroatoms. The summed E-state index contributed by atoms with van der Waals surface area (Å²) >= 11 is 0. The van der Waals surface area contributed by atoms with Gasteiger partial charge in [-0.2, -0.15) is 0 Å². The highest BCUT2D eigenvalue weighted by Crippen LogP contribution is 2.28. The fraction of sp³-hybridized carbons (Fsp3) is 0.400.